The molecule has 33 heavy (non-hydrogen) atoms. The standard InChI is InChI=1S/C22H14Cl3N3O3S2/c23-13-5-8-15(9-6-13)33(30,31)28-19-4-2-1-3-17(19)21(29)27-22-26-20(12-32-22)16-10-7-14(24)11-18(16)25/h1-12,28H,(H,26,27,29). The Kier molecular flexibility index (Phi) is 6.92. The number of halogens is 3. The van der Waals surface area contributed by atoms with E-state index in [-0.39, 0.29) is 16.1 Å². The van der Waals surface area contributed by atoms with Gasteiger partial charge in [0.15, 0.2) is 5.13 Å². The van der Waals surface area contributed by atoms with E-state index in [9.17, 15) is 13.2 Å². The highest BCUT2D eigenvalue weighted by Gasteiger charge is 2.19. The summed E-state index contributed by atoms with van der Waals surface area (Å²) in [6.07, 6.45) is 0. The summed E-state index contributed by atoms with van der Waals surface area (Å²) in [5.74, 6) is -0.521. The lowest BCUT2D eigenvalue weighted by Gasteiger charge is -2.12. The van der Waals surface area contributed by atoms with Crippen molar-refractivity contribution in [2.45, 2.75) is 4.90 Å². The average Bonchev–Trinajstić information content (AvgIpc) is 3.22. The zero-order valence-electron chi connectivity index (χ0n) is 16.6. The lowest BCUT2D eigenvalue weighted by Crippen LogP contribution is -2.18. The number of benzene rings is 3. The Morgan fingerprint density at radius 1 is 0.909 bits per heavy atom. The van der Waals surface area contributed by atoms with Gasteiger partial charge in [0.2, 0.25) is 0 Å². The average molecular weight is 539 g/mol. The van der Waals surface area contributed by atoms with Crippen LogP contribution >= 0.6 is 46.1 Å². The van der Waals surface area contributed by atoms with Crippen molar-refractivity contribution < 1.29 is 13.2 Å². The first kappa shape index (κ1) is 23.5. The number of rotatable bonds is 6. The van der Waals surface area contributed by atoms with Crippen LogP contribution in [-0.4, -0.2) is 19.3 Å². The number of carbonyl (C=O) groups is 1. The van der Waals surface area contributed by atoms with Crippen molar-refractivity contribution >= 4 is 72.9 Å². The van der Waals surface area contributed by atoms with Crippen molar-refractivity contribution in [3.8, 4) is 11.3 Å². The van der Waals surface area contributed by atoms with Crippen LogP contribution in [0.25, 0.3) is 11.3 Å². The van der Waals surface area contributed by atoms with E-state index in [0.29, 0.717) is 31.5 Å². The van der Waals surface area contributed by atoms with E-state index in [4.69, 9.17) is 34.8 Å². The van der Waals surface area contributed by atoms with Gasteiger partial charge in [-0.15, -0.1) is 11.3 Å². The summed E-state index contributed by atoms with van der Waals surface area (Å²) in [7, 11) is -3.93. The molecule has 0 saturated carbocycles. The molecule has 1 heterocycles. The number of para-hydroxylation sites is 1. The predicted molar refractivity (Wildman–Crippen MR) is 134 cm³/mol. The number of amides is 1. The topological polar surface area (TPSA) is 88.2 Å². The summed E-state index contributed by atoms with van der Waals surface area (Å²) in [4.78, 5) is 17.3. The molecule has 4 rings (SSSR count). The number of sulfonamides is 1. The van der Waals surface area contributed by atoms with Gasteiger partial charge in [-0.2, -0.15) is 0 Å². The Morgan fingerprint density at radius 2 is 1.61 bits per heavy atom. The maximum absolute atomic E-state index is 12.9. The van der Waals surface area contributed by atoms with Gasteiger partial charge < -0.3 is 0 Å². The molecule has 0 spiro atoms. The Morgan fingerprint density at radius 3 is 2.33 bits per heavy atom. The lowest BCUT2D eigenvalue weighted by atomic mass is 10.2. The third-order valence-corrected chi connectivity index (χ3v) is 7.41. The number of anilines is 2. The van der Waals surface area contributed by atoms with Crippen molar-refractivity contribution in [2.75, 3.05) is 10.0 Å². The van der Waals surface area contributed by atoms with E-state index in [0.717, 1.165) is 0 Å². The summed E-state index contributed by atoms with van der Waals surface area (Å²) in [6, 6.07) is 17.0. The molecule has 0 unspecified atom stereocenters. The molecule has 0 fully saturated rings. The van der Waals surface area contributed by atoms with Crippen molar-refractivity contribution in [3.63, 3.8) is 0 Å². The van der Waals surface area contributed by atoms with Crippen LogP contribution in [0.5, 0.6) is 0 Å². The summed E-state index contributed by atoms with van der Waals surface area (Å²) in [6.45, 7) is 0. The maximum atomic E-state index is 12.9. The van der Waals surface area contributed by atoms with Gasteiger partial charge in [-0.25, -0.2) is 13.4 Å². The highest BCUT2D eigenvalue weighted by Crippen LogP contribution is 2.32. The fraction of sp³-hybridized carbons (Fsp3) is 0. The second kappa shape index (κ2) is 9.70. The van der Waals surface area contributed by atoms with Gasteiger partial charge >= 0.3 is 0 Å². The van der Waals surface area contributed by atoms with E-state index in [2.05, 4.69) is 15.0 Å². The first-order chi connectivity index (χ1) is 15.7. The molecule has 168 valence electrons. The van der Waals surface area contributed by atoms with Gasteiger partial charge in [0, 0.05) is 21.0 Å². The van der Waals surface area contributed by atoms with E-state index in [1.165, 1.54) is 47.7 Å². The van der Waals surface area contributed by atoms with Gasteiger partial charge in [-0.05, 0) is 54.6 Å². The minimum absolute atomic E-state index is 0.0199. The summed E-state index contributed by atoms with van der Waals surface area (Å²) < 4.78 is 27.9. The smallest absolute Gasteiger partial charge is 0.261 e. The molecule has 0 aliphatic rings. The first-order valence-electron chi connectivity index (χ1n) is 9.33. The molecule has 1 aromatic heterocycles. The van der Waals surface area contributed by atoms with Gasteiger partial charge in [0.1, 0.15) is 0 Å². The third-order valence-electron chi connectivity index (χ3n) is 4.47. The van der Waals surface area contributed by atoms with Crippen molar-refractivity contribution in [3.05, 3.63) is 92.7 Å². The number of aromatic nitrogens is 1. The van der Waals surface area contributed by atoms with Crippen LogP contribution in [0, 0.1) is 0 Å². The molecule has 0 radical (unpaired) electrons. The highest BCUT2D eigenvalue weighted by atomic mass is 35.5. The molecular weight excluding hydrogens is 525 g/mol. The summed E-state index contributed by atoms with van der Waals surface area (Å²) in [5.41, 5.74) is 1.52. The van der Waals surface area contributed by atoms with Gasteiger partial charge in [-0.3, -0.25) is 14.8 Å². The van der Waals surface area contributed by atoms with E-state index < -0.39 is 15.9 Å². The molecule has 2 N–H and O–H groups in total. The van der Waals surface area contributed by atoms with Gasteiger partial charge in [0.25, 0.3) is 15.9 Å². The molecule has 6 nitrogen and oxygen atoms in total. The molecule has 4 aromatic rings. The molecule has 1 amide bonds. The minimum Gasteiger partial charge on any atom is -0.298 e. The van der Waals surface area contributed by atoms with Crippen molar-refractivity contribution in [2.24, 2.45) is 0 Å². The first-order valence-corrected chi connectivity index (χ1v) is 12.8. The second-order valence-corrected chi connectivity index (χ2v) is 10.5. The molecule has 0 aliphatic carbocycles. The zero-order chi connectivity index (χ0) is 23.6. The Labute approximate surface area is 209 Å². The molecular formula is C22H14Cl3N3O3S2. The maximum Gasteiger partial charge on any atom is 0.261 e. The molecule has 0 aliphatic heterocycles. The Bertz CT molecular complexity index is 1440. The highest BCUT2D eigenvalue weighted by molar-refractivity contribution is 7.92. The van der Waals surface area contributed by atoms with Crippen LogP contribution < -0.4 is 10.0 Å². The number of nitrogens with zero attached hydrogens (tertiary/aromatic N) is 1. The van der Waals surface area contributed by atoms with E-state index in [1.54, 1.807) is 35.7 Å². The largest absolute Gasteiger partial charge is 0.298 e. The fourth-order valence-electron chi connectivity index (χ4n) is 2.90. The SMILES string of the molecule is O=C(Nc1nc(-c2ccc(Cl)cc2Cl)cs1)c1ccccc1NS(=O)(=O)c1ccc(Cl)cc1. The van der Waals surface area contributed by atoms with Crippen molar-refractivity contribution in [1.82, 2.24) is 4.98 Å². The zero-order valence-corrected chi connectivity index (χ0v) is 20.5. The second-order valence-electron chi connectivity index (χ2n) is 6.72. The minimum atomic E-state index is -3.93. The number of nitrogens with one attached hydrogen (secondary N) is 2. The predicted octanol–water partition coefficient (Wildman–Crippen LogP) is 6.82. The molecule has 0 saturated heterocycles. The Hall–Kier alpha value is -2.62. The molecule has 11 heteroatoms. The number of hydrogen-bond acceptors (Lipinski definition) is 5. The van der Waals surface area contributed by atoms with Crippen LogP contribution in [-0.2, 0) is 10.0 Å². The number of thiazole rings is 1. The van der Waals surface area contributed by atoms with Crippen LogP contribution in [0.3, 0.4) is 0 Å². The van der Waals surface area contributed by atoms with Crippen LogP contribution in [0.15, 0.2) is 77.0 Å². The number of hydrogen-bond donors (Lipinski definition) is 2. The van der Waals surface area contributed by atoms with Crippen molar-refractivity contribution in [1.29, 1.82) is 0 Å². The monoisotopic (exact) mass is 537 g/mol. The summed E-state index contributed by atoms with van der Waals surface area (Å²) in [5, 5.41) is 6.14. The lowest BCUT2D eigenvalue weighted by molar-refractivity contribution is 0.102. The number of carbonyl (C=O) groups excluding carboxylic acids is 1. The Balaban J connectivity index is 1.55. The van der Waals surface area contributed by atoms with Crippen LogP contribution in [0.2, 0.25) is 15.1 Å². The summed E-state index contributed by atoms with van der Waals surface area (Å²) >= 11 is 19.2. The molecule has 0 atom stereocenters. The third kappa shape index (κ3) is 5.48. The van der Waals surface area contributed by atoms with E-state index >= 15 is 0 Å². The quantitative estimate of drug-likeness (QED) is 0.282. The van der Waals surface area contributed by atoms with Gasteiger partial charge in [0.05, 0.1) is 26.9 Å². The fourth-order valence-corrected chi connectivity index (χ4v) is 5.32. The van der Waals surface area contributed by atoms with E-state index in [1.807, 2.05) is 0 Å². The van der Waals surface area contributed by atoms with Crippen LogP contribution in [0.4, 0.5) is 10.8 Å². The van der Waals surface area contributed by atoms with Gasteiger partial charge in [-0.1, -0.05) is 46.9 Å². The molecule has 3 aromatic carbocycles. The van der Waals surface area contributed by atoms with Crippen LogP contribution in [0.1, 0.15) is 10.4 Å². The molecule has 0 bridgehead atoms. The normalized spacial score (nSPS) is 11.2.